The minimum atomic E-state index is -0.330. The summed E-state index contributed by atoms with van der Waals surface area (Å²) in [6.07, 6.45) is -0.330. The van der Waals surface area contributed by atoms with Gasteiger partial charge < -0.3 is 10.1 Å². The van der Waals surface area contributed by atoms with Crippen LogP contribution in [-0.4, -0.2) is 12.7 Å². The van der Waals surface area contributed by atoms with Crippen molar-refractivity contribution in [3.63, 3.8) is 0 Å². The van der Waals surface area contributed by atoms with E-state index in [1.54, 1.807) is 0 Å². The smallest absolute Gasteiger partial charge is 0.407 e. The van der Waals surface area contributed by atoms with Gasteiger partial charge in [0.2, 0.25) is 0 Å². The zero-order chi connectivity index (χ0) is 8.39. The molecule has 1 heterocycles. The van der Waals surface area contributed by atoms with Crippen molar-refractivity contribution in [2.45, 2.75) is 6.04 Å². The van der Waals surface area contributed by atoms with Crippen molar-refractivity contribution in [1.29, 1.82) is 0 Å². The fourth-order valence-corrected chi connectivity index (χ4v) is 1.25. The number of rotatable bonds is 1. The van der Waals surface area contributed by atoms with Gasteiger partial charge in [-0.25, -0.2) is 4.79 Å². The van der Waals surface area contributed by atoms with Crippen LogP contribution in [0.5, 0.6) is 0 Å². The second kappa shape index (κ2) is 2.85. The maximum atomic E-state index is 10.7. The summed E-state index contributed by atoms with van der Waals surface area (Å²) in [5, 5.41) is 2.71. The predicted molar refractivity (Wildman–Crippen MR) is 43.7 cm³/mol. The zero-order valence-corrected chi connectivity index (χ0v) is 6.49. The summed E-state index contributed by atoms with van der Waals surface area (Å²) in [7, 11) is 0. The van der Waals surface area contributed by atoms with Gasteiger partial charge in [0.1, 0.15) is 6.61 Å². The van der Waals surface area contributed by atoms with Crippen LogP contribution < -0.4 is 5.32 Å². The molecular formula is C9H9NO2. The highest BCUT2D eigenvalue weighted by molar-refractivity contribution is 5.70. The molecule has 1 saturated heterocycles. The van der Waals surface area contributed by atoms with E-state index in [9.17, 15) is 4.79 Å². The van der Waals surface area contributed by atoms with Crippen LogP contribution >= 0.6 is 0 Å². The van der Waals surface area contributed by atoms with Gasteiger partial charge >= 0.3 is 6.09 Å². The van der Waals surface area contributed by atoms with Gasteiger partial charge in [0.25, 0.3) is 0 Å². The van der Waals surface area contributed by atoms with Gasteiger partial charge in [0.05, 0.1) is 6.04 Å². The Balaban J connectivity index is 2.16. The normalized spacial score (nSPS) is 21.7. The van der Waals surface area contributed by atoms with Gasteiger partial charge in [-0.15, -0.1) is 0 Å². The highest BCUT2D eigenvalue weighted by atomic mass is 16.5. The maximum absolute atomic E-state index is 10.7. The van der Waals surface area contributed by atoms with Gasteiger partial charge in [-0.3, -0.25) is 0 Å². The minimum Gasteiger partial charge on any atom is -0.447 e. The van der Waals surface area contributed by atoms with Crippen LogP contribution in [0.2, 0.25) is 0 Å². The van der Waals surface area contributed by atoms with Crippen molar-refractivity contribution in [3.8, 4) is 0 Å². The molecule has 0 bridgehead atoms. The van der Waals surface area contributed by atoms with Gasteiger partial charge in [-0.05, 0) is 5.56 Å². The molecule has 1 unspecified atom stereocenters. The molecule has 2 rings (SSSR count). The first kappa shape index (κ1) is 7.16. The zero-order valence-electron chi connectivity index (χ0n) is 6.49. The quantitative estimate of drug-likeness (QED) is 0.679. The first-order valence-corrected chi connectivity index (χ1v) is 3.84. The Kier molecular flexibility index (Phi) is 1.70. The minimum absolute atomic E-state index is 0.0266. The molecular weight excluding hydrogens is 153 g/mol. The second-order valence-electron chi connectivity index (χ2n) is 2.71. The molecule has 0 saturated carbocycles. The maximum Gasteiger partial charge on any atom is 0.407 e. The van der Waals surface area contributed by atoms with E-state index in [4.69, 9.17) is 4.74 Å². The van der Waals surface area contributed by atoms with E-state index in [-0.39, 0.29) is 12.1 Å². The lowest BCUT2D eigenvalue weighted by Crippen LogP contribution is -2.17. The first-order chi connectivity index (χ1) is 5.86. The third-order valence-corrected chi connectivity index (χ3v) is 1.88. The van der Waals surface area contributed by atoms with Crippen molar-refractivity contribution in [2.75, 3.05) is 6.61 Å². The van der Waals surface area contributed by atoms with Gasteiger partial charge in [-0.1, -0.05) is 30.3 Å². The molecule has 1 N–H and O–H groups in total. The summed E-state index contributed by atoms with van der Waals surface area (Å²) < 4.78 is 4.77. The molecule has 0 aliphatic carbocycles. The molecule has 3 nitrogen and oxygen atoms in total. The molecule has 12 heavy (non-hydrogen) atoms. The lowest BCUT2D eigenvalue weighted by atomic mass is 10.1. The van der Waals surface area contributed by atoms with Crippen LogP contribution in [-0.2, 0) is 4.74 Å². The Morgan fingerprint density at radius 1 is 1.33 bits per heavy atom. The number of alkyl carbamates (subject to hydrolysis) is 1. The average Bonchev–Trinajstić information content (AvgIpc) is 2.54. The molecule has 62 valence electrons. The first-order valence-electron chi connectivity index (χ1n) is 3.84. The number of hydrogen-bond donors (Lipinski definition) is 1. The molecule has 1 atom stereocenters. The summed E-state index contributed by atoms with van der Waals surface area (Å²) in [6, 6.07) is 9.80. The van der Waals surface area contributed by atoms with Crippen molar-refractivity contribution >= 4 is 6.09 Å². The summed E-state index contributed by atoms with van der Waals surface area (Å²) in [5.74, 6) is 0. The van der Waals surface area contributed by atoms with Crippen LogP contribution in [0.1, 0.15) is 11.6 Å². The topological polar surface area (TPSA) is 38.3 Å². The third-order valence-electron chi connectivity index (χ3n) is 1.88. The lowest BCUT2D eigenvalue weighted by molar-refractivity contribution is 0.177. The van der Waals surface area contributed by atoms with Crippen LogP contribution in [0.15, 0.2) is 30.3 Å². The van der Waals surface area contributed by atoms with Crippen LogP contribution in [0.3, 0.4) is 0 Å². The molecule has 0 aromatic heterocycles. The monoisotopic (exact) mass is 162 g/mol. The molecule has 0 spiro atoms. The van der Waals surface area contributed by atoms with E-state index in [1.807, 2.05) is 30.3 Å². The summed E-state index contributed by atoms with van der Waals surface area (Å²) in [4.78, 5) is 10.7. The number of ether oxygens (including phenoxy) is 1. The van der Waals surface area contributed by atoms with E-state index >= 15 is 0 Å². The largest absolute Gasteiger partial charge is 0.447 e. The number of carbonyl (C=O) groups excluding carboxylic acids is 1. The number of hydrogen-bond acceptors (Lipinski definition) is 2. The molecule has 1 aromatic rings. The van der Waals surface area contributed by atoms with Crippen molar-refractivity contribution in [1.82, 2.24) is 5.32 Å². The molecule has 1 amide bonds. The Labute approximate surface area is 70.3 Å². The van der Waals surface area contributed by atoms with Gasteiger partial charge in [0.15, 0.2) is 0 Å². The van der Waals surface area contributed by atoms with Crippen LogP contribution in [0, 0.1) is 0 Å². The van der Waals surface area contributed by atoms with Crippen LogP contribution in [0.25, 0.3) is 0 Å². The number of nitrogens with one attached hydrogen (secondary N) is 1. The van der Waals surface area contributed by atoms with E-state index in [0.717, 1.165) is 5.56 Å². The molecule has 1 aliphatic heterocycles. The summed E-state index contributed by atoms with van der Waals surface area (Å²) >= 11 is 0. The Hall–Kier alpha value is -1.51. The van der Waals surface area contributed by atoms with E-state index < -0.39 is 0 Å². The number of carbonyl (C=O) groups is 1. The summed E-state index contributed by atoms with van der Waals surface area (Å²) in [5.41, 5.74) is 1.09. The average molecular weight is 162 g/mol. The molecule has 1 aliphatic rings. The highest BCUT2D eigenvalue weighted by Gasteiger charge is 2.22. The predicted octanol–water partition coefficient (Wildman–Crippen LogP) is 1.47. The second-order valence-corrected chi connectivity index (χ2v) is 2.71. The van der Waals surface area contributed by atoms with Crippen molar-refractivity contribution in [2.24, 2.45) is 0 Å². The highest BCUT2D eigenvalue weighted by Crippen LogP contribution is 2.16. The standard InChI is InChI=1S/C9H9NO2/c11-9-10-8(6-12-9)7-4-2-1-3-5-7/h1-5,8H,6H2,(H,10,11)/i9-1. The van der Waals surface area contributed by atoms with Crippen molar-refractivity contribution in [3.05, 3.63) is 35.9 Å². The Bertz CT molecular complexity index is 284. The van der Waals surface area contributed by atoms with Crippen LogP contribution in [0.4, 0.5) is 4.79 Å². The Morgan fingerprint density at radius 3 is 2.67 bits per heavy atom. The lowest BCUT2D eigenvalue weighted by Gasteiger charge is -2.05. The van der Waals surface area contributed by atoms with Gasteiger partial charge in [-0.2, -0.15) is 0 Å². The fraction of sp³-hybridized carbons (Fsp3) is 0.222. The SMILES string of the molecule is O=[11C]1NC(c2ccccc2)CO1. The third kappa shape index (κ3) is 1.25. The van der Waals surface area contributed by atoms with E-state index in [1.165, 1.54) is 0 Å². The van der Waals surface area contributed by atoms with Gasteiger partial charge in [0, 0.05) is 0 Å². The molecule has 3 heteroatoms. The molecule has 1 aromatic carbocycles. The molecule has 1 fully saturated rings. The van der Waals surface area contributed by atoms with E-state index in [2.05, 4.69) is 5.32 Å². The van der Waals surface area contributed by atoms with Crippen molar-refractivity contribution < 1.29 is 9.53 Å². The molecule has 0 radical (unpaired) electrons. The summed E-state index contributed by atoms with van der Waals surface area (Å²) in [6.45, 7) is 0.433. The number of amides is 1. The number of cyclic esters (lactones) is 1. The Morgan fingerprint density at radius 2 is 2.08 bits per heavy atom. The number of benzene rings is 1. The fourth-order valence-electron chi connectivity index (χ4n) is 1.25. The van der Waals surface area contributed by atoms with E-state index in [0.29, 0.717) is 6.61 Å².